The number of rotatable bonds is 7. The van der Waals surface area contributed by atoms with Crippen molar-refractivity contribution in [3.05, 3.63) is 35.9 Å². The van der Waals surface area contributed by atoms with Crippen LogP contribution in [0.5, 0.6) is 0 Å². The van der Waals surface area contributed by atoms with E-state index in [2.05, 4.69) is 29.2 Å². The molecule has 0 spiro atoms. The highest BCUT2D eigenvalue weighted by Gasteiger charge is 2.04. The van der Waals surface area contributed by atoms with Gasteiger partial charge in [-0.05, 0) is 5.56 Å². The molecule has 1 aromatic carbocycles. The predicted molar refractivity (Wildman–Crippen MR) is 71.6 cm³/mol. The summed E-state index contributed by atoms with van der Waals surface area (Å²) in [7, 11) is 1.72. The summed E-state index contributed by atoms with van der Waals surface area (Å²) in [4.78, 5) is 2.30. The van der Waals surface area contributed by atoms with Crippen LogP contribution in [0.1, 0.15) is 5.56 Å². The van der Waals surface area contributed by atoms with Crippen LogP contribution >= 0.6 is 24.0 Å². The SMILES string of the molecule is COCCN(CCCl)Cc1ccccc1.Cl. The maximum absolute atomic E-state index is 5.76. The van der Waals surface area contributed by atoms with E-state index in [-0.39, 0.29) is 12.4 Å². The second kappa shape index (κ2) is 9.91. The fourth-order valence-corrected chi connectivity index (χ4v) is 1.69. The van der Waals surface area contributed by atoms with Crippen molar-refractivity contribution in [3.8, 4) is 0 Å². The Kier molecular flexibility index (Phi) is 9.74. The summed E-state index contributed by atoms with van der Waals surface area (Å²) in [6.45, 7) is 3.53. The van der Waals surface area contributed by atoms with Gasteiger partial charge in [0.05, 0.1) is 6.61 Å². The lowest BCUT2D eigenvalue weighted by Crippen LogP contribution is -2.28. The maximum Gasteiger partial charge on any atom is 0.0589 e. The second-order valence-electron chi connectivity index (χ2n) is 3.44. The van der Waals surface area contributed by atoms with Crippen molar-refractivity contribution in [2.45, 2.75) is 6.54 Å². The summed E-state index contributed by atoms with van der Waals surface area (Å²) < 4.78 is 5.07. The standard InChI is InChI=1S/C12H18ClNO.ClH/c1-15-10-9-14(8-7-13)11-12-5-3-2-4-6-12;/h2-6H,7-11H2,1H3;1H. The quantitative estimate of drug-likeness (QED) is 0.702. The minimum absolute atomic E-state index is 0. The van der Waals surface area contributed by atoms with Crippen LogP contribution in [0, 0.1) is 0 Å². The molecule has 16 heavy (non-hydrogen) atoms. The molecule has 0 aliphatic heterocycles. The molecular weight excluding hydrogens is 245 g/mol. The maximum atomic E-state index is 5.76. The minimum Gasteiger partial charge on any atom is -0.383 e. The summed E-state index contributed by atoms with van der Waals surface area (Å²) >= 11 is 5.76. The van der Waals surface area contributed by atoms with Crippen molar-refractivity contribution in [1.29, 1.82) is 0 Å². The summed E-state index contributed by atoms with van der Waals surface area (Å²) in [6.07, 6.45) is 0. The monoisotopic (exact) mass is 263 g/mol. The van der Waals surface area contributed by atoms with Crippen LogP contribution in [-0.2, 0) is 11.3 Å². The average Bonchev–Trinajstić information content (AvgIpc) is 2.28. The van der Waals surface area contributed by atoms with Gasteiger partial charge in [0.15, 0.2) is 0 Å². The largest absolute Gasteiger partial charge is 0.383 e. The number of ether oxygens (including phenoxy) is 1. The van der Waals surface area contributed by atoms with Crippen molar-refractivity contribution in [3.63, 3.8) is 0 Å². The predicted octanol–water partition coefficient (Wildman–Crippen LogP) is 2.80. The average molecular weight is 264 g/mol. The van der Waals surface area contributed by atoms with Crippen molar-refractivity contribution < 1.29 is 4.74 Å². The molecule has 0 fully saturated rings. The molecule has 4 heteroatoms. The van der Waals surface area contributed by atoms with Crippen LogP contribution in [0.25, 0.3) is 0 Å². The Labute approximate surface area is 109 Å². The van der Waals surface area contributed by atoms with E-state index in [0.29, 0.717) is 5.88 Å². The molecule has 0 bridgehead atoms. The molecule has 0 saturated heterocycles. The van der Waals surface area contributed by atoms with Gasteiger partial charge in [-0.2, -0.15) is 0 Å². The number of methoxy groups -OCH3 is 1. The van der Waals surface area contributed by atoms with Gasteiger partial charge in [-0.1, -0.05) is 30.3 Å². The Hall–Kier alpha value is -0.280. The Bertz CT molecular complexity index is 256. The zero-order valence-corrected chi connectivity index (χ0v) is 11.1. The van der Waals surface area contributed by atoms with Gasteiger partial charge in [0.25, 0.3) is 0 Å². The molecule has 0 aliphatic carbocycles. The van der Waals surface area contributed by atoms with Gasteiger partial charge in [0.2, 0.25) is 0 Å². The second-order valence-corrected chi connectivity index (χ2v) is 3.82. The molecule has 0 N–H and O–H groups in total. The van der Waals surface area contributed by atoms with Gasteiger partial charge in [-0.3, -0.25) is 4.90 Å². The Balaban J connectivity index is 0.00000225. The van der Waals surface area contributed by atoms with Gasteiger partial charge in [0.1, 0.15) is 0 Å². The molecule has 0 heterocycles. The lowest BCUT2D eigenvalue weighted by molar-refractivity contribution is 0.148. The highest BCUT2D eigenvalue weighted by atomic mass is 35.5. The Morgan fingerprint density at radius 3 is 2.44 bits per heavy atom. The van der Waals surface area contributed by atoms with Crippen molar-refractivity contribution in [1.82, 2.24) is 4.90 Å². The van der Waals surface area contributed by atoms with E-state index in [1.54, 1.807) is 7.11 Å². The first-order chi connectivity index (χ1) is 7.36. The summed E-state index contributed by atoms with van der Waals surface area (Å²) in [5.41, 5.74) is 1.32. The number of nitrogens with zero attached hydrogens (tertiary/aromatic N) is 1. The van der Waals surface area contributed by atoms with Crippen LogP contribution in [0.3, 0.4) is 0 Å². The van der Waals surface area contributed by atoms with Crippen LogP contribution in [-0.4, -0.2) is 37.6 Å². The van der Waals surface area contributed by atoms with E-state index in [1.807, 2.05) is 6.07 Å². The van der Waals surface area contributed by atoms with Gasteiger partial charge in [0, 0.05) is 32.6 Å². The third kappa shape index (κ3) is 6.33. The normalized spacial score (nSPS) is 10.2. The topological polar surface area (TPSA) is 12.5 Å². The first kappa shape index (κ1) is 15.7. The van der Waals surface area contributed by atoms with E-state index in [9.17, 15) is 0 Å². The van der Waals surface area contributed by atoms with Crippen molar-refractivity contribution >= 4 is 24.0 Å². The number of halogens is 2. The fraction of sp³-hybridized carbons (Fsp3) is 0.500. The number of hydrogen-bond donors (Lipinski definition) is 0. The summed E-state index contributed by atoms with van der Waals surface area (Å²) in [6, 6.07) is 10.4. The van der Waals surface area contributed by atoms with E-state index in [4.69, 9.17) is 16.3 Å². The highest BCUT2D eigenvalue weighted by molar-refractivity contribution is 6.18. The van der Waals surface area contributed by atoms with Crippen LogP contribution in [0.4, 0.5) is 0 Å². The van der Waals surface area contributed by atoms with Gasteiger partial charge >= 0.3 is 0 Å². The molecule has 92 valence electrons. The first-order valence-electron chi connectivity index (χ1n) is 5.18. The van der Waals surface area contributed by atoms with E-state index < -0.39 is 0 Å². The van der Waals surface area contributed by atoms with Crippen molar-refractivity contribution in [2.75, 3.05) is 32.7 Å². The zero-order chi connectivity index (χ0) is 10.9. The van der Waals surface area contributed by atoms with Crippen LogP contribution in [0.15, 0.2) is 30.3 Å². The highest BCUT2D eigenvalue weighted by Crippen LogP contribution is 2.04. The van der Waals surface area contributed by atoms with Crippen molar-refractivity contribution in [2.24, 2.45) is 0 Å². The zero-order valence-electron chi connectivity index (χ0n) is 9.56. The first-order valence-corrected chi connectivity index (χ1v) is 5.71. The third-order valence-corrected chi connectivity index (χ3v) is 2.43. The Morgan fingerprint density at radius 2 is 1.88 bits per heavy atom. The third-order valence-electron chi connectivity index (χ3n) is 2.26. The van der Waals surface area contributed by atoms with Gasteiger partial charge in [-0.15, -0.1) is 24.0 Å². The van der Waals surface area contributed by atoms with E-state index in [1.165, 1.54) is 5.56 Å². The molecular formula is C12H19Cl2NO. The van der Waals surface area contributed by atoms with E-state index >= 15 is 0 Å². The molecule has 0 aliphatic rings. The molecule has 1 aromatic rings. The minimum atomic E-state index is 0. The number of hydrogen-bond acceptors (Lipinski definition) is 2. The number of benzene rings is 1. The van der Waals surface area contributed by atoms with Crippen LogP contribution < -0.4 is 0 Å². The molecule has 0 unspecified atom stereocenters. The molecule has 0 amide bonds. The molecule has 0 aromatic heterocycles. The molecule has 0 radical (unpaired) electrons. The Morgan fingerprint density at radius 1 is 1.19 bits per heavy atom. The lowest BCUT2D eigenvalue weighted by Gasteiger charge is -2.20. The molecule has 0 atom stereocenters. The summed E-state index contributed by atoms with van der Waals surface area (Å²) in [5.74, 6) is 0.663. The van der Waals surface area contributed by atoms with Gasteiger partial charge in [-0.25, -0.2) is 0 Å². The molecule has 2 nitrogen and oxygen atoms in total. The number of alkyl halides is 1. The lowest BCUT2D eigenvalue weighted by atomic mass is 10.2. The fourth-order valence-electron chi connectivity index (χ4n) is 1.45. The molecule has 0 saturated carbocycles. The molecule has 1 rings (SSSR count). The van der Waals surface area contributed by atoms with Crippen LogP contribution in [0.2, 0.25) is 0 Å². The van der Waals surface area contributed by atoms with Gasteiger partial charge < -0.3 is 4.74 Å². The van der Waals surface area contributed by atoms with E-state index in [0.717, 1.165) is 26.2 Å². The smallest absolute Gasteiger partial charge is 0.0589 e. The summed E-state index contributed by atoms with van der Waals surface area (Å²) in [5, 5.41) is 0.